The lowest BCUT2D eigenvalue weighted by molar-refractivity contribution is 0.110. The van der Waals surface area contributed by atoms with E-state index >= 15 is 0 Å². The molecule has 0 aliphatic carbocycles. The zero-order valence-corrected chi connectivity index (χ0v) is 9.40. The minimum Gasteiger partial charge on any atom is -0.490 e. The summed E-state index contributed by atoms with van der Waals surface area (Å²) in [5, 5.41) is 0. The summed E-state index contributed by atoms with van der Waals surface area (Å²) in [6, 6.07) is 3.89. The highest BCUT2D eigenvalue weighted by Gasteiger charge is 2.08. The summed E-state index contributed by atoms with van der Waals surface area (Å²) >= 11 is 0. The van der Waals surface area contributed by atoms with Gasteiger partial charge in [0, 0.05) is 20.1 Å². The zero-order valence-electron chi connectivity index (χ0n) is 9.40. The van der Waals surface area contributed by atoms with E-state index in [1.54, 1.807) is 7.11 Å². The molecule has 1 unspecified atom stereocenters. The van der Waals surface area contributed by atoms with Gasteiger partial charge < -0.3 is 9.47 Å². The van der Waals surface area contributed by atoms with Crippen LogP contribution in [0.1, 0.15) is 23.7 Å². The number of rotatable bonds is 6. The predicted molar refractivity (Wildman–Crippen MR) is 58.4 cm³/mol. The van der Waals surface area contributed by atoms with Crippen molar-refractivity contribution < 1.29 is 18.7 Å². The molecule has 1 aromatic rings. The number of aldehydes is 1. The molecule has 0 amide bonds. The number of carbonyl (C=O) groups is 1. The molecule has 0 bridgehead atoms. The van der Waals surface area contributed by atoms with Crippen molar-refractivity contribution in [1.82, 2.24) is 0 Å². The quantitative estimate of drug-likeness (QED) is 0.699. The van der Waals surface area contributed by atoms with Crippen LogP contribution in [0, 0.1) is 5.82 Å². The molecule has 0 fully saturated rings. The Labute approximate surface area is 94.2 Å². The summed E-state index contributed by atoms with van der Waals surface area (Å²) in [6.07, 6.45) is 1.22. The van der Waals surface area contributed by atoms with Gasteiger partial charge in [-0.15, -0.1) is 0 Å². The Balaban J connectivity index is 2.68. The Kier molecular flexibility index (Phi) is 4.92. The fourth-order valence-corrected chi connectivity index (χ4v) is 1.28. The monoisotopic (exact) mass is 226 g/mol. The molecular weight excluding hydrogens is 211 g/mol. The second-order valence-electron chi connectivity index (χ2n) is 3.51. The van der Waals surface area contributed by atoms with E-state index in [1.807, 2.05) is 6.92 Å². The highest BCUT2D eigenvalue weighted by Crippen LogP contribution is 2.19. The number of hydrogen-bond acceptors (Lipinski definition) is 3. The van der Waals surface area contributed by atoms with Crippen molar-refractivity contribution in [1.29, 1.82) is 0 Å². The van der Waals surface area contributed by atoms with Crippen molar-refractivity contribution in [2.75, 3.05) is 13.7 Å². The van der Waals surface area contributed by atoms with Crippen LogP contribution in [0.25, 0.3) is 0 Å². The van der Waals surface area contributed by atoms with Crippen molar-refractivity contribution in [3.8, 4) is 5.75 Å². The van der Waals surface area contributed by atoms with Gasteiger partial charge in [0.25, 0.3) is 0 Å². The average molecular weight is 226 g/mol. The zero-order chi connectivity index (χ0) is 12.0. The molecule has 1 aromatic carbocycles. The van der Waals surface area contributed by atoms with E-state index in [9.17, 15) is 9.18 Å². The topological polar surface area (TPSA) is 35.5 Å². The molecule has 0 heterocycles. The van der Waals surface area contributed by atoms with E-state index in [0.717, 1.165) is 6.07 Å². The van der Waals surface area contributed by atoms with Crippen LogP contribution in [0.5, 0.6) is 5.75 Å². The maximum atomic E-state index is 12.8. The fourth-order valence-electron chi connectivity index (χ4n) is 1.28. The first-order valence-electron chi connectivity index (χ1n) is 5.07. The fraction of sp³-hybridized carbons (Fsp3) is 0.417. The number of ether oxygens (including phenoxy) is 2. The van der Waals surface area contributed by atoms with E-state index in [-0.39, 0.29) is 11.7 Å². The molecule has 0 spiro atoms. The summed E-state index contributed by atoms with van der Waals surface area (Å²) < 4.78 is 23.3. The Morgan fingerprint density at radius 3 is 2.88 bits per heavy atom. The molecule has 0 aliphatic rings. The van der Waals surface area contributed by atoms with Gasteiger partial charge in [-0.25, -0.2) is 4.39 Å². The second kappa shape index (κ2) is 6.23. The first-order valence-corrected chi connectivity index (χ1v) is 5.07. The summed E-state index contributed by atoms with van der Waals surface area (Å²) in [6.45, 7) is 2.45. The number of benzene rings is 1. The van der Waals surface area contributed by atoms with Gasteiger partial charge in [-0.1, -0.05) is 0 Å². The van der Waals surface area contributed by atoms with Gasteiger partial charge in [-0.05, 0) is 25.1 Å². The lowest BCUT2D eigenvalue weighted by Gasteiger charge is -2.15. The van der Waals surface area contributed by atoms with Crippen molar-refractivity contribution >= 4 is 6.29 Å². The predicted octanol–water partition coefficient (Wildman–Crippen LogP) is 2.44. The number of methoxy groups -OCH3 is 1. The van der Waals surface area contributed by atoms with Crippen LogP contribution < -0.4 is 4.74 Å². The number of carbonyl (C=O) groups excluding carboxylic acids is 1. The van der Waals surface area contributed by atoms with Crippen LogP contribution in [0.4, 0.5) is 4.39 Å². The molecule has 1 rings (SSSR count). The largest absolute Gasteiger partial charge is 0.490 e. The van der Waals surface area contributed by atoms with Crippen LogP contribution in [0.2, 0.25) is 0 Å². The van der Waals surface area contributed by atoms with Crippen LogP contribution in [-0.2, 0) is 4.74 Å². The van der Waals surface area contributed by atoms with Gasteiger partial charge in [0.15, 0.2) is 6.29 Å². The molecule has 0 aliphatic heterocycles. The van der Waals surface area contributed by atoms with Crippen molar-refractivity contribution in [2.45, 2.75) is 19.4 Å². The number of halogens is 1. The van der Waals surface area contributed by atoms with E-state index in [0.29, 0.717) is 25.1 Å². The third-order valence-corrected chi connectivity index (χ3v) is 2.16. The average Bonchev–Trinajstić information content (AvgIpc) is 2.28. The third-order valence-electron chi connectivity index (χ3n) is 2.16. The minimum absolute atomic E-state index is 0.0795. The molecule has 1 atom stereocenters. The Morgan fingerprint density at radius 2 is 2.25 bits per heavy atom. The van der Waals surface area contributed by atoms with Crippen LogP contribution in [0.3, 0.4) is 0 Å². The molecule has 4 heteroatoms. The van der Waals surface area contributed by atoms with Crippen LogP contribution >= 0.6 is 0 Å². The van der Waals surface area contributed by atoms with Gasteiger partial charge >= 0.3 is 0 Å². The first kappa shape index (κ1) is 12.6. The standard InChI is InChI=1S/C12H15FO3/c1-9(5-6-15-2)16-12-4-3-11(13)7-10(12)8-14/h3-4,7-9H,5-6H2,1-2H3. The van der Waals surface area contributed by atoms with Gasteiger partial charge in [0.2, 0.25) is 0 Å². The van der Waals surface area contributed by atoms with E-state index < -0.39 is 5.82 Å². The molecular formula is C12H15FO3. The molecule has 88 valence electrons. The Bertz CT molecular complexity index is 352. The SMILES string of the molecule is COCCC(C)Oc1ccc(F)cc1C=O. The van der Waals surface area contributed by atoms with Gasteiger partial charge in [0.05, 0.1) is 11.7 Å². The second-order valence-corrected chi connectivity index (χ2v) is 3.51. The highest BCUT2D eigenvalue weighted by molar-refractivity contribution is 5.79. The van der Waals surface area contributed by atoms with Crippen molar-refractivity contribution in [3.05, 3.63) is 29.6 Å². The molecule has 0 radical (unpaired) electrons. The van der Waals surface area contributed by atoms with E-state index in [2.05, 4.69) is 0 Å². The normalized spacial score (nSPS) is 12.2. The minimum atomic E-state index is -0.445. The summed E-state index contributed by atoms with van der Waals surface area (Å²) in [5.41, 5.74) is 0.226. The maximum Gasteiger partial charge on any atom is 0.153 e. The van der Waals surface area contributed by atoms with E-state index in [4.69, 9.17) is 9.47 Å². The first-order chi connectivity index (χ1) is 7.67. The molecule has 3 nitrogen and oxygen atoms in total. The molecule has 0 saturated carbocycles. The van der Waals surface area contributed by atoms with Crippen LogP contribution in [-0.4, -0.2) is 26.1 Å². The molecule has 0 N–H and O–H groups in total. The highest BCUT2D eigenvalue weighted by atomic mass is 19.1. The smallest absolute Gasteiger partial charge is 0.153 e. The van der Waals surface area contributed by atoms with Crippen LogP contribution in [0.15, 0.2) is 18.2 Å². The van der Waals surface area contributed by atoms with E-state index in [1.165, 1.54) is 12.1 Å². The lowest BCUT2D eigenvalue weighted by atomic mass is 10.2. The lowest BCUT2D eigenvalue weighted by Crippen LogP contribution is -2.15. The number of hydrogen-bond donors (Lipinski definition) is 0. The van der Waals surface area contributed by atoms with Gasteiger partial charge in [-0.2, -0.15) is 0 Å². The summed E-state index contributed by atoms with van der Waals surface area (Å²) in [4.78, 5) is 10.7. The summed E-state index contributed by atoms with van der Waals surface area (Å²) in [5.74, 6) is -0.0426. The van der Waals surface area contributed by atoms with Crippen molar-refractivity contribution in [3.63, 3.8) is 0 Å². The third kappa shape index (κ3) is 3.62. The Morgan fingerprint density at radius 1 is 1.50 bits per heavy atom. The van der Waals surface area contributed by atoms with Crippen molar-refractivity contribution in [2.24, 2.45) is 0 Å². The Hall–Kier alpha value is -1.42. The molecule has 0 saturated heterocycles. The van der Waals surface area contributed by atoms with Gasteiger partial charge in [0.1, 0.15) is 11.6 Å². The molecule has 0 aromatic heterocycles. The summed E-state index contributed by atoms with van der Waals surface area (Å²) in [7, 11) is 1.61. The molecule has 16 heavy (non-hydrogen) atoms. The maximum absolute atomic E-state index is 12.8. The van der Waals surface area contributed by atoms with Gasteiger partial charge in [-0.3, -0.25) is 4.79 Å².